The molecule has 0 atom stereocenters. The minimum absolute atomic E-state index is 0.0146. The number of amides is 1. The highest BCUT2D eigenvalue weighted by Crippen LogP contribution is 2.33. The fraction of sp³-hybridized carbons (Fsp3) is 0.158. The topological polar surface area (TPSA) is 102 Å². The molecule has 6 nitrogen and oxygen atoms in total. The fourth-order valence-corrected chi connectivity index (χ4v) is 4.97. The van der Waals surface area contributed by atoms with Crippen LogP contribution in [0.3, 0.4) is 0 Å². The van der Waals surface area contributed by atoms with E-state index < -0.39 is 15.7 Å². The highest BCUT2D eigenvalue weighted by atomic mass is 32.2. The van der Waals surface area contributed by atoms with Gasteiger partial charge < -0.3 is 11.1 Å². The third kappa shape index (κ3) is 3.58. The molecule has 1 aliphatic carbocycles. The second-order valence-electron chi connectivity index (χ2n) is 6.36. The zero-order chi connectivity index (χ0) is 19.0. The number of carbonyl (C=O) groups excluding carboxylic acids is 1. The maximum absolute atomic E-state index is 12.5. The lowest BCUT2D eigenvalue weighted by molar-refractivity contribution is 0.102. The van der Waals surface area contributed by atoms with Crippen LogP contribution in [0.15, 0.2) is 59.1 Å². The van der Waals surface area contributed by atoms with Crippen molar-refractivity contribution in [3.05, 3.63) is 59.6 Å². The van der Waals surface area contributed by atoms with E-state index in [1.54, 1.807) is 17.4 Å². The van der Waals surface area contributed by atoms with Gasteiger partial charge in [-0.1, -0.05) is 12.1 Å². The van der Waals surface area contributed by atoms with Gasteiger partial charge in [0.1, 0.15) is 0 Å². The largest absolute Gasteiger partial charge is 0.397 e. The monoisotopic (exact) mass is 399 g/mol. The number of pyridine rings is 1. The van der Waals surface area contributed by atoms with Gasteiger partial charge in [0.15, 0.2) is 14.9 Å². The van der Waals surface area contributed by atoms with Gasteiger partial charge in [0.2, 0.25) is 0 Å². The molecule has 1 amide bonds. The zero-order valence-electron chi connectivity index (χ0n) is 14.3. The molecule has 0 unspecified atom stereocenters. The number of nitrogens with one attached hydrogen (secondary N) is 1. The van der Waals surface area contributed by atoms with Crippen molar-refractivity contribution in [3.8, 4) is 10.4 Å². The molecule has 8 heteroatoms. The van der Waals surface area contributed by atoms with Crippen LogP contribution in [-0.4, -0.2) is 24.6 Å². The number of sulfone groups is 1. The molecule has 0 radical (unpaired) electrons. The van der Waals surface area contributed by atoms with E-state index in [1.807, 2.05) is 29.6 Å². The van der Waals surface area contributed by atoms with Crippen LogP contribution in [0.4, 0.5) is 11.4 Å². The van der Waals surface area contributed by atoms with Gasteiger partial charge in [-0.05, 0) is 54.1 Å². The van der Waals surface area contributed by atoms with Crippen LogP contribution >= 0.6 is 11.3 Å². The van der Waals surface area contributed by atoms with Crippen molar-refractivity contribution < 1.29 is 13.2 Å². The molecule has 0 aliphatic heterocycles. The fourth-order valence-electron chi connectivity index (χ4n) is 2.69. The number of rotatable bonds is 5. The molecule has 2 aromatic heterocycles. The maximum atomic E-state index is 12.5. The molecule has 3 aromatic rings. The van der Waals surface area contributed by atoms with Gasteiger partial charge in [-0.25, -0.2) is 13.4 Å². The molecular weight excluding hydrogens is 382 g/mol. The number of thiophene rings is 1. The number of carbonyl (C=O) groups is 1. The SMILES string of the molecule is Nc1ccc(-c2cccs2)cc1NC(=O)c1ccc(S(=O)(=O)C2CC2)nc1. The van der Waals surface area contributed by atoms with Crippen molar-refractivity contribution in [2.24, 2.45) is 0 Å². The Morgan fingerprint density at radius 1 is 1.19 bits per heavy atom. The van der Waals surface area contributed by atoms with E-state index in [2.05, 4.69) is 10.3 Å². The molecule has 2 heterocycles. The van der Waals surface area contributed by atoms with Gasteiger partial charge >= 0.3 is 0 Å². The summed E-state index contributed by atoms with van der Waals surface area (Å²) in [6.45, 7) is 0. The summed E-state index contributed by atoms with van der Waals surface area (Å²) in [6, 6.07) is 12.3. The number of nitrogens with two attached hydrogens (primary N) is 1. The minimum atomic E-state index is -3.37. The Morgan fingerprint density at radius 2 is 2.00 bits per heavy atom. The van der Waals surface area contributed by atoms with Crippen molar-refractivity contribution in [1.29, 1.82) is 0 Å². The van der Waals surface area contributed by atoms with Crippen LogP contribution < -0.4 is 11.1 Å². The highest BCUT2D eigenvalue weighted by molar-refractivity contribution is 7.92. The minimum Gasteiger partial charge on any atom is -0.397 e. The van der Waals surface area contributed by atoms with E-state index in [1.165, 1.54) is 18.3 Å². The first-order chi connectivity index (χ1) is 12.9. The summed E-state index contributed by atoms with van der Waals surface area (Å²) in [5, 5.41) is 4.44. The summed E-state index contributed by atoms with van der Waals surface area (Å²) < 4.78 is 24.4. The molecule has 1 aromatic carbocycles. The van der Waals surface area contributed by atoms with Crippen molar-refractivity contribution in [2.45, 2.75) is 23.1 Å². The Hall–Kier alpha value is -2.71. The number of aromatic nitrogens is 1. The summed E-state index contributed by atoms with van der Waals surface area (Å²) in [5.74, 6) is -0.395. The van der Waals surface area contributed by atoms with Gasteiger partial charge in [-0.15, -0.1) is 11.3 Å². The Labute approximate surface area is 161 Å². The van der Waals surface area contributed by atoms with Crippen molar-refractivity contribution in [3.63, 3.8) is 0 Å². The molecule has 1 aliphatic rings. The normalized spacial score (nSPS) is 14.1. The van der Waals surface area contributed by atoms with Crippen LogP contribution in [0.1, 0.15) is 23.2 Å². The summed E-state index contributed by atoms with van der Waals surface area (Å²) >= 11 is 1.60. The second kappa shape index (κ2) is 6.79. The van der Waals surface area contributed by atoms with Gasteiger partial charge in [0, 0.05) is 11.1 Å². The van der Waals surface area contributed by atoms with Crippen LogP contribution in [0.2, 0.25) is 0 Å². The van der Waals surface area contributed by atoms with E-state index in [0.717, 1.165) is 10.4 Å². The maximum Gasteiger partial charge on any atom is 0.257 e. The Kier molecular flexibility index (Phi) is 4.45. The molecule has 0 saturated heterocycles. The van der Waals surface area contributed by atoms with Gasteiger partial charge in [0.25, 0.3) is 5.91 Å². The van der Waals surface area contributed by atoms with Crippen LogP contribution in [0.5, 0.6) is 0 Å². The molecule has 27 heavy (non-hydrogen) atoms. The van der Waals surface area contributed by atoms with Crippen LogP contribution in [0, 0.1) is 0 Å². The van der Waals surface area contributed by atoms with Crippen LogP contribution in [0.25, 0.3) is 10.4 Å². The number of nitrogen functional groups attached to an aromatic ring is 1. The number of nitrogens with zero attached hydrogens (tertiary/aromatic N) is 1. The zero-order valence-corrected chi connectivity index (χ0v) is 15.9. The first-order valence-corrected chi connectivity index (χ1v) is 10.8. The number of hydrogen-bond acceptors (Lipinski definition) is 6. The van der Waals surface area contributed by atoms with Crippen molar-refractivity contribution in [1.82, 2.24) is 4.98 Å². The predicted molar refractivity (Wildman–Crippen MR) is 107 cm³/mol. The number of hydrogen-bond donors (Lipinski definition) is 2. The summed E-state index contributed by atoms with van der Waals surface area (Å²) in [6.07, 6.45) is 2.63. The van der Waals surface area contributed by atoms with Gasteiger partial charge in [0.05, 0.1) is 22.2 Å². The standard InChI is InChI=1S/C19H17N3O3S2/c20-15-7-3-12(17-2-1-9-26-17)10-16(15)22-19(23)13-4-8-18(21-11-13)27(24,25)14-5-6-14/h1-4,7-11,14H,5-6,20H2,(H,22,23). The Balaban J connectivity index is 1.55. The van der Waals surface area contributed by atoms with E-state index in [9.17, 15) is 13.2 Å². The average molecular weight is 399 g/mol. The van der Waals surface area contributed by atoms with E-state index in [4.69, 9.17) is 5.73 Å². The van der Waals surface area contributed by atoms with E-state index in [-0.39, 0.29) is 15.8 Å². The summed E-state index contributed by atoms with van der Waals surface area (Å²) in [5.41, 5.74) is 8.16. The van der Waals surface area contributed by atoms with Crippen molar-refractivity contribution >= 4 is 38.5 Å². The van der Waals surface area contributed by atoms with Gasteiger partial charge in [-0.2, -0.15) is 0 Å². The molecule has 3 N–H and O–H groups in total. The number of benzene rings is 1. The van der Waals surface area contributed by atoms with E-state index >= 15 is 0 Å². The lowest BCUT2D eigenvalue weighted by atomic mass is 10.1. The highest BCUT2D eigenvalue weighted by Gasteiger charge is 2.37. The first kappa shape index (κ1) is 17.7. The second-order valence-corrected chi connectivity index (χ2v) is 9.49. The Bertz CT molecular complexity index is 1090. The van der Waals surface area contributed by atoms with Gasteiger partial charge in [-0.3, -0.25) is 4.79 Å². The smallest absolute Gasteiger partial charge is 0.257 e. The average Bonchev–Trinajstić information content (AvgIpc) is 3.40. The quantitative estimate of drug-likeness (QED) is 0.639. The lowest BCUT2D eigenvalue weighted by Gasteiger charge is -2.10. The third-order valence-electron chi connectivity index (χ3n) is 4.36. The lowest BCUT2D eigenvalue weighted by Crippen LogP contribution is -2.15. The molecule has 4 rings (SSSR count). The van der Waals surface area contributed by atoms with Crippen molar-refractivity contribution in [2.75, 3.05) is 11.1 Å². The first-order valence-electron chi connectivity index (χ1n) is 8.40. The van der Waals surface area contributed by atoms with E-state index in [0.29, 0.717) is 24.2 Å². The third-order valence-corrected chi connectivity index (χ3v) is 7.45. The summed E-state index contributed by atoms with van der Waals surface area (Å²) in [4.78, 5) is 17.6. The van der Waals surface area contributed by atoms with Crippen LogP contribution in [-0.2, 0) is 9.84 Å². The molecule has 1 saturated carbocycles. The molecule has 0 spiro atoms. The summed E-state index contributed by atoms with van der Waals surface area (Å²) in [7, 11) is -3.37. The molecule has 0 bridgehead atoms. The predicted octanol–water partition coefficient (Wildman–Crippen LogP) is 3.58. The number of anilines is 2. The Morgan fingerprint density at radius 3 is 2.63 bits per heavy atom. The molecule has 138 valence electrons. The molecular formula is C19H17N3O3S2. The molecule has 1 fully saturated rings.